The minimum Gasteiger partial charge on any atom is -0.493 e. The highest BCUT2D eigenvalue weighted by molar-refractivity contribution is 5.91. The van der Waals surface area contributed by atoms with E-state index in [0.29, 0.717) is 12.5 Å². The minimum absolute atomic E-state index is 0.130. The maximum Gasteiger partial charge on any atom is 0.319 e. The molecule has 0 aliphatic carbocycles. The third-order valence-electron chi connectivity index (χ3n) is 8.04. The molecule has 9 heteroatoms. The zero-order valence-corrected chi connectivity index (χ0v) is 24.1. The van der Waals surface area contributed by atoms with Gasteiger partial charge in [-0.3, -0.25) is 0 Å². The molecule has 0 bridgehead atoms. The van der Waals surface area contributed by atoms with Crippen LogP contribution in [-0.4, -0.2) is 91.3 Å². The highest BCUT2D eigenvalue weighted by atomic mass is 16.5. The molecule has 5 rings (SSSR count). The third kappa shape index (κ3) is 7.40. The van der Waals surface area contributed by atoms with Crippen molar-refractivity contribution in [1.82, 2.24) is 25.1 Å². The number of carbonyl (C=O) groups is 1. The fourth-order valence-electron chi connectivity index (χ4n) is 5.45. The van der Waals surface area contributed by atoms with Gasteiger partial charge in [-0.1, -0.05) is 26.0 Å². The van der Waals surface area contributed by atoms with Gasteiger partial charge in [0.25, 0.3) is 0 Å². The Balaban J connectivity index is 1.09. The summed E-state index contributed by atoms with van der Waals surface area (Å²) < 4.78 is 6.06. The molecular weight excluding hydrogens is 502 g/mol. The van der Waals surface area contributed by atoms with Crippen LogP contribution in [0.5, 0.6) is 5.75 Å². The zero-order valence-electron chi connectivity index (χ0n) is 24.1. The minimum atomic E-state index is -0.153. The van der Waals surface area contributed by atoms with Gasteiger partial charge < -0.3 is 30.1 Å². The van der Waals surface area contributed by atoms with Gasteiger partial charge in [0.05, 0.1) is 12.1 Å². The maximum absolute atomic E-state index is 12.6. The van der Waals surface area contributed by atoms with Crippen molar-refractivity contribution in [2.45, 2.75) is 45.1 Å². The summed E-state index contributed by atoms with van der Waals surface area (Å²) in [7, 11) is 2.18. The fourth-order valence-corrected chi connectivity index (χ4v) is 5.45. The summed E-state index contributed by atoms with van der Waals surface area (Å²) in [6.07, 6.45) is 4.37. The monoisotopic (exact) mass is 545 g/mol. The van der Waals surface area contributed by atoms with Crippen molar-refractivity contribution in [3.05, 3.63) is 54.4 Å². The normalized spacial score (nSPS) is 17.4. The molecule has 0 spiro atoms. The number of carbonyl (C=O) groups excluding carboxylic acids is 1. The summed E-state index contributed by atoms with van der Waals surface area (Å²) in [4.78, 5) is 28.9. The standard InChI is InChI=1S/C31H43N7O2/c1-23(2)24-5-7-25(8-6-24)34-31(39)35-26-11-14-38(15-12-26)30-28-10-9-27(21-29(28)32-22-33-30)40-20-4-13-37-18-16-36(3)17-19-37/h5-10,21-23,26H,4,11-20H2,1-3H3,(H2,34,35,39). The van der Waals surface area contributed by atoms with Gasteiger partial charge in [0.1, 0.15) is 17.9 Å². The van der Waals surface area contributed by atoms with E-state index in [4.69, 9.17) is 4.74 Å². The number of benzene rings is 2. The first-order valence-corrected chi connectivity index (χ1v) is 14.7. The molecule has 0 unspecified atom stereocenters. The number of aromatic nitrogens is 2. The fraction of sp³-hybridized carbons (Fsp3) is 0.516. The number of rotatable bonds is 9. The molecule has 0 atom stereocenters. The van der Waals surface area contributed by atoms with E-state index in [1.165, 1.54) is 5.56 Å². The van der Waals surface area contributed by atoms with Crippen molar-refractivity contribution in [2.24, 2.45) is 0 Å². The predicted octanol–water partition coefficient (Wildman–Crippen LogP) is 4.56. The van der Waals surface area contributed by atoms with Gasteiger partial charge in [0, 0.05) is 69.0 Å². The number of fused-ring (bicyclic) bond motifs is 1. The summed E-state index contributed by atoms with van der Waals surface area (Å²) in [5, 5.41) is 7.13. The largest absolute Gasteiger partial charge is 0.493 e. The van der Waals surface area contributed by atoms with E-state index in [-0.39, 0.29) is 12.1 Å². The highest BCUT2D eigenvalue weighted by Crippen LogP contribution is 2.28. The first kappa shape index (κ1) is 28.1. The lowest BCUT2D eigenvalue weighted by atomic mass is 10.0. The number of amides is 2. The smallest absolute Gasteiger partial charge is 0.319 e. The summed E-state index contributed by atoms with van der Waals surface area (Å²) in [5.41, 5.74) is 2.96. The van der Waals surface area contributed by atoms with Gasteiger partial charge in [-0.25, -0.2) is 14.8 Å². The molecule has 0 radical (unpaired) electrons. The van der Waals surface area contributed by atoms with Crippen molar-refractivity contribution < 1.29 is 9.53 Å². The molecule has 9 nitrogen and oxygen atoms in total. The number of nitrogens with one attached hydrogen (secondary N) is 2. The zero-order chi connectivity index (χ0) is 27.9. The molecule has 2 aromatic carbocycles. The van der Waals surface area contributed by atoms with Gasteiger partial charge in [0.2, 0.25) is 0 Å². The van der Waals surface area contributed by atoms with E-state index < -0.39 is 0 Å². The number of piperazine rings is 1. The Hall–Kier alpha value is -3.43. The molecule has 40 heavy (non-hydrogen) atoms. The topological polar surface area (TPSA) is 85.9 Å². The van der Waals surface area contributed by atoms with Crippen LogP contribution in [-0.2, 0) is 0 Å². The molecule has 0 saturated carbocycles. The Labute approximate surface area is 237 Å². The first-order chi connectivity index (χ1) is 19.4. The van der Waals surface area contributed by atoms with Gasteiger partial charge in [0.15, 0.2) is 0 Å². The van der Waals surface area contributed by atoms with Crippen molar-refractivity contribution >= 4 is 28.4 Å². The van der Waals surface area contributed by atoms with Crippen molar-refractivity contribution in [3.63, 3.8) is 0 Å². The number of nitrogens with zero attached hydrogens (tertiary/aromatic N) is 5. The molecule has 2 fully saturated rings. The lowest BCUT2D eigenvalue weighted by Crippen LogP contribution is -2.46. The molecule has 3 heterocycles. The Bertz CT molecular complexity index is 1250. The Morgan fingerprint density at radius 1 is 1.00 bits per heavy atom. The summed E-state index contributed by atoms with van der Waals surface area (Å²) in [5.74, 6) is 2.26. The molecule has 2 aliphatic rings. The van der Waals surface area contributed by atoms with Crippen molar-refractivity contribution in [2.75, 3.05) is 69.7 Å². The Morgan fingerprint density at radius 2 is 1.75 bits per heavy atom. The van der Waals surface area contributed by atoms with E-state index in [9.17, 15) is 4.79 Å². The van der Waals surface area contributed by atoms with Crippen LogP contribution < -0.4 is 20.3 Å². The number of hydrogen-bond acceptors (Lipinski definition) is 7. The first-order valence-electron chi connectivity index (χ1n) is 14.7. The number of ether oxygens (including phenoxy) is 1. The molecular formula is C31H43N7O2. The maximum atomic E-state index is 12.6. The molecule has 2 saturated heterocycles. The number of anilines is 2. The SMILES string of the molecule is CC(C)c1ccc(NC(=O)NC2CCN(c3ncnc4cc(OCCCN5CCN(C)CC5)ccc34)CC2)cc1. The average Bonchev–Trinajstić information content (AvgIpc) is 2.96. The van der Waals surface area contributed by atoms with Crippen LogP contribution in [0.3, 0.4) is 0 Å². The second-order valence-corrected chi connectivity index (χ2v) is 11.4. The number of hydrogen-bond donors (Lipinski definition) is 2. The lowest BCUT2D eigenvalue weighted by molar-refractivity contribution is 0.145. The molecule has 2 N–H and O–H groups in total. The molecule has 214 valence electrons. The summed E-state index contributed by atoms with van der Waals surface area (Å²) in [6, 6.07) is 14.1. The quantitative estimate of drug-likeness (QED) is 0.381. The van der Waals surface area contributed by atoms with Gasteiger partial charge in [-0.15, -0.1) is 0 Å². The van der Waals surface area contributed by atoms with Crippen molar-refractivity contribution in [1.29, 1.82) is 0 Å². The number of urea groups is 1. The summed E-state index contributed by atoms with van der Waals surface area (Å²) >= 11 is 0. The van der Waals surface area contributed by atoms with E-state index >= 15 is 0 Å². The average molecular weight is 546 g/mol. The molecule has 3 aromatic rings. The van der Waals surface area contributed by atoms with Gasteiger partial charge >= 0.3 is 6.03 Å². The van der Waals surface area contributed by atoms with Crippen LogP contribution in [0.1, 0.15) is 44.6 Å². The number of piperidine rings is 1. The lowest BCUT2D eigenvalue weighted by Gasteiger charge is -2.33. The van der Waals surface area contributed by atoms with Crippen LogP contribution in [0.4, 0.5) is 16.3 Å². The van der Waals surface area contributed by atoms with Crippen LogP contribution in [0.25, 0.3) is 10.9 Å². The van der Waals surface area contributed by atoms with Crippen molar-refractivity contribution in [3.8, 4) is 5.75 Å². The van der Waals surface area contributed by atoms with Gasteiger partial charge in [-0.05, 0) is 62.1 Å². The summed E-state index contributed by atoms with van der Waals surface area (Å²) in [6.45, 7) is 12.3. The van der Waals surface area contributed by atoms with E-state index in [2.05, 4.69) is 74.4 Å². The van der Waals surface area contributed by atoms with E-state index in [1.807, 2.05) is 24.3 Å². The second-order valence-electron chi connectivity index (χ2n) is 11.4. The van der Waals surface area contributed by atoms with Gasteiger partial charge in [-0.2, -0.15) is 0 Å². The van der Waals surface area contributed by atoms with Crippen LogP contribution in [0.2, 0.25) is 0 Å². The predicted molar refractivity (Wildman–Crippen MR) is 162 cm³/mol. The van der Waals surface area contributed by atoms with E-state index in [0.717, 1.165) is 93.2 Å². The Kier molecular flexibility index (Phi) is 9.34. The molecule has 2 aliphatic heterocycles. The molecule has 1 aromatic heterocycles. The Morgan fingerprint density at radius 3 is 2.48 bits per heavy atom. The third-order valence-corrected chi connectivity index (χ3v) is 8.04. The highest BCUT2D eigenvalue weighted by Gasteiger charge is 2.23. The van der Waals surface area contributed by atoms with Crippen LogP contribution in [0.15, 0.2) is 48.8 Å². The van der Waals surface area contributed by atoms with Crippen LogP contribution >= 0.6 is 0 Å². The number of likely N-dealkylation sites (N-methyl/N-ethyl adjacent to an activating group) is 1. The van der Waals surface area contributed by atoms with Crippen LogP contribution in [0, 0.1) is 0 Å². The second kappa shape index (κ2) is 13.3. The van der Waals surface area contributed by atoms with E-state index in [1.54, 1.807) is 6.33 Å². The molecule has 2 amide bonds.